The Labute approximate surface area is 273 Å². The van der Waals surface area contributed by atoms with Crippen LogP contribution in [0.1, 0.15) is 42.9 Å². The Bertz CT molecular complexity index is 1870. The van der Waals surface area contributed by atoms with Gasteiger partial charge >= 0.3 is 10.4 Å². The lowest BCUT2D eigenvalue weighted by molar-refractivity contribution is -0.0426. The molecule has 2 unspecified atom stereocenters. The maximum atomic E-state index is 12.0. The minimum atomic E-state index is -4.67. The molecule has 0 amide bonds. The van der Waals surface area contributed by atoms with Gasteiger partial charge in [0, 0.05) is 35.8 Å². The lowest BCUT2D eigenvalue weighted by atomic mass is 9.97. The minimum Gasteiger partial charge on any atom is -0.508 e. The van der Waals surface area contributed by atoms with Crippen LogP contribution >= 0.6 is 0 Å². The molecule has 7 rings (SSSR count). The molecule has 2 aliphatic rings. The Balaban J connectivity index is 0.000000164. The van der Waals surface area contributed by atoms with Crippen molar-refractivity contribution >= 4 is 21.4 Å². The lowest BCUT2D eigenvalue weighted by Gasteiger charge is -2.38. The molecule has 5 aromatic rings. The summed E-state index contributed by atoms with van der Waals surface area (Å²) in [5, 5.41) is 19.2. The number of benzene rings is 4. The molecular weight excluding hydrogens is 622 g/mol. The summed E-state index contributed by atoms with van der Waals surface area (Å²) in [6, 6.07) is 35.6. The topological polar surface area (TPSA) is 158 Å². The van der Waals surface area contributed by atoms with Crippen molar-refractivity contribution in [2.45, 2.75) is 50.0 Å². The molecule has 0 radical (unpaired) electrons. The normalized spacial score (nSPS) is 19.0. The third kappa shape index (κ3) is 9.06. The van der Waals surface area contributed by atoms with Gasteiger partial charge in [-0.3, -0.25) is 13.9 Å². The quantitative estimate of drug-likeness (QED) is 0.151. The first-order valence-corrected chi connectivity index (χ1v) is 16.6. The molecule has 11 heteroatoms. The van der Waals surface area contributed by atoms with E-state index in [0.717, 1.165) is 11.6 Å². The number of hydrogen-bond donors (Lipinski definition) is 4. The van der Waals surface area contributed by atoms with Gasteiger partial charge in [-0.15, -0.1) is 0 Å². The second-order valence-electron chi connectivity index (χ2n) is 11.6. The predicted octanol–water partition coefficient (Wildman–Crippen LogP) is 6.64. The van der Waals surface area contributed by atoms with Crippen LogP contribution in [0.4, 0.5) is 0 Å². The van der Waals surface area contributed by atoms with Gasteiger partial charge in [0.05, 0.1) is 6.10 Å². The maximum absolute atomic E-state index is 12.0. The average molecular weight is 660 g/mol. The van der Waals surface area contributed by atoms with Gasteiger partial charge in [0.25, 0.3) is 0 Å². The van der Waals surface area contributed by atoms with Crippen LogP contribution in [-0.4, -0.2) is 57.9 Å². The molecular formula is C36H37NO9S. The summed E-state index contributed by atoms with van der Waals surface area (Å²) >= 11 is 0. The van der Waals surface area contributed by atoms with Crippen molar-refractivity contribution in [3.63, 3.8) is 0 Å². The van der Waals surface area contributed by atoms with Crippen LogP contribution in [0.5, 0.6) is 11.5 Å². The Morgan fingerprint density at radius 1 is 0.787 bits per heavy atom. The summed E-state index contributed by atoms with van der Waals surface area (Å²) < 4.78 is 43.8. The van der Waals surface area contributed by atoms with E-state index in [0.29, 0.717) is 23.9 Å². The van der Waals surface area contributed by atoms with Crippen LogP contribution < -0.4 is 5.43 Å². The summed E-state index contributed by atoms with van der Waals surface area (Å²) in [5.41, 5.74) is 3.07. The number of nitrogens with zero attached hydrogens (tertiary/aromatic N) is 1. The second kappa shape index (κ2) is 14.9. The SMILES string of the molecule is CN1C2CCC1CC(OC(c1ccccc1)c1ccccc1)C2.O=S(=O)(O)O.O=c1cc(-c2ccccc2)oc2cc(O)cc(O)c12. The zero-order valence-corrected chi connectivity index (χ0v) is 26.5. The summed E-state index contributed by atoms with van der Waals surface area (Å²) in [6.45, 7) is 0. The van der Waals surface area contributed by atoms with Crippen molar-refractivity contribution in [1.82, 2.24) is 4.90 Å². The largest absolute Gasteiger partial charge is 0.508 e. The standard InChI is InChI=1S/C21H25NO.C15H10O4.H2O4S/c1-22-18-12-13-19(22)15-20(14-18)23-21(16-8-4-2-5-9-16)17-10-6-3-7-11-17;16-10-6-11(17)15-12(18)8-13(19-14(15)7-10)9-4-2-1-3-5-9;1-5(2,3)4/h2-11,18-21H,12-15H2,1H3;1-8,16-17H;(H2,1,2,3,4). The first-order valence-electron chi connectivity index (χ1n) is 15.2. The van der Waals surface area contributed by atoms with Gasteiger partial charge in [0.1, 0.15) is 34.3 Å². The van der Waals surface area contributed by atoms with E-state index >= 15 is 0 Å². The number of fused-ring (bicyclic) bond motifs is 3. The molecule has 2 saturated heterocycles. The number of hydrogen-bond acceptors (Lipinski definition) is 8. The lowest BCUT2D eigenvalue weighted by Crippen LogP contribution is -2.43. The van der Waals surface area contributed by atoms with E-state index in [1.165, 1.54) is 48.9 Å². The third-order valence-electron chi connectivity index (χ3n) is 8.44. The van der Waals surface area contributed by atoms with Crippen molar-refractivity contribution in [1.29, 1.82) is 0 Å². The number of aromatic hydroxyl groups is 2. The van der Waals surface area contributed by atoms with Crippen LogP contribution in [0.2, 0.25) is 0 Å². The fourth-order valence-corrected chi connectivity index (χ4v) is 6.27. The number of phenols is 2. The smallest absolute Gasteiger partial charge is 0.394 e. The first kappa shape index (κ1) is 33.8. The van der Waals surface area contributed by atoms with Crippen molar-refractivity contribution in [2.75, 3.05) is 7.05 Å². The summed E-state index contributed by atoms with van der Waals surface area (Å²) in [7, 11) is -2.38. The van der Waals surface area contributed by atoms with Gasteiger partial charge < -0.3 is 24.3 Å². The van der Waals surface area contributed by atoms with Crippen molar-refractivity contribution in [3.05, 3.63) is 131 Å². The molecule has 4 aromatic carbocycles. The molecule has 3 heterocycles. The highest BCUT2D eigenvalue weighted by Crippen LogP contribution is 2.38. The highest BCUT2D eigenvalue weighted by atomic mass is 32.3. The van der Waals surface area contributed by atoms with Gasteiger partial charge in [-0.2, -0.15) is 8.42 Å². The van der Waals surface area contributed by atoms with Crippen LogP contribution in [0.3, 0.4) is 0 Å². The zero-order valence-electron chi connectivity index (χ0n) is 25.7. The number of rotatable bonds is 5. The first-order chi connectivity index (χ1) is 22.5. The number of piperidine rings is 1. The average Bonchev–Trinajstić information content (AvgIpc) is 3.23. The zero-order chi connectivity index (χ0) is 33.6. The van der Waals surface area contributed by atoms with Crippen LogP contribution in [0.25, 0.3) is 22.3 Å². The van der Waals surface area contributed by atoms with Gasteiger partial charge in [-0.1, -0.05) is 91.0 Å². The van der Waals surface area contributed by atoms with Crippen LogP contribution in [0, 0.1) is 0 Å². The third-order valence-corrected chi connectivity index (χ3v) is 8.44. The molecule has 2 fully saturated rings. The number of phenolic OH excluding ortho intramolecular Hbond substituents is 2. The van der Waals surface area contributed by atoms with E-state index in [1.807, 2.05) is 30.3 Å². The Morgan fingerprint density at radius 2 is 1.28 bits per heavy atom. The fourth-order valence-electron chi connectivity index (χ4n) is 6.27. The molecule has 2 aliphatic heterocycles. The number of ether oxygens (including phenoxy) is 1. The van der Waals surface area contributed by atoms with E-state index in [9.17, 15) is 15.0 Å². The molecule has 4 N–H and O–H groups in total. The molecule has 2 atom stereocenters. The van der Waals surface area contributed by atoms with Crippen molar-refractivity contribution < 1.29 is 36.9 Å². The molecule has 0 saturated carbocycles. The Kier molecular flexibility index (Phi) is 10.7. The molecule has 246 valence electrons. The highest BCUT2D eigenvalue weighted by molar-refractivity contribution is 7.79. The molecule has 0 spiro atoms. The minimum absolute atomic E-state index is 0.0465. The van der Waals surface area contributed by atoms with Crippen LogP contribution in [0.15, 0.2) is 118 Å². The Morgan fingerprint density at radius 3 is 1.79 bits per heavy atom. The molecule has 0 aliphatic carbocycles. The van der Waals surface area contributed by atoms with E-state index in [4.69, 9.17) is 26.7 Å². The van der Waals surface area contributed by atoms with Crippen molar-refractivity contribution in [2.24, 2.45) is 0 Å². The Hall–Kier alpha value is -4.52. The summed E-state index contributed by atoms with van der Waals surface area (Å²) in [6.07, 6.45) is 5.43. The van der Waals surface area contributed by atoms with E-state index in [1.54, 1.807) is 0 Å². The monoisotopic (exact) mass is 659 g/mol. The highest BCUT2D eigenvalue weighted by Gasteiger charge is 2.39. The van der Waals surface area contributed by atoms with Gasteiger partial charge in [0.15, 0.2) is 5.43 Å². The second-order valence-corrected chi connectivity index (χ2v) is 12.5. The molecule has 2 bridgehead atoms. The van der Waals surface area contributed by atoms with Gasteiger partial charge in [-0.25, -0.2) is 0 Å². The van der Waals surface area contributed by atoms with Crippen molar-refractivity contribution in [3.8, 4) is 22.8 Å². The molecule has 10 nitrogen and oxygen atoms in total. The van der Waals surface area contributed by atoms with Gasteiger partial charge in [-0.05, 0) is 43.9 Å². The summed E-state index contributed by atoms with van der Waals surface area (Å²) in [5.74, 6) is -0.0511. The van der Waals surface area contributed by atoms with Crippen LogP contribution in [-0.2, 0) is 15.1 Å². The van der Waals surface area contributed by atoms with E-state index in [2.05, 4.69) is 72.6 Å². The fraction of sp³-hybridized carbons (Fsp3) is 0.250. The van der Waals surface area contributed by atoms with Gasteiger partial charge in [0.2, 0.25) is 0 Å². The maximum Gasteiger partial charge on any atom is 0.394 e. The van der Waals surface area contributed by atoms with E-state index in [-0.39, 0.29) is 34.0 Å². The summed E-state index contributed by atoms with van der Waals surface area (Å²) in [4.78, 5) is 14.6. The van der Waals surface area contributed by atoms with E-state index < -0.39 is 10.4 Å². The predicted molar refractivity (Wildman–Crippen MR) is 179 cm³/mol. The molecule has 1 aromatic heterocycles. The molecule has 47 heavy (non-hydrogen) atoms.